The van der Waals surface area contributed by atoms with E-state index in [1.54, 1.807) is 0 Å². The molecule has 0 fully saturated rings. The molecule has 0 aromatic heterocycles. The van der Waals surface area contributed by atoms with Crippen LogP contribution in [0.1, 0.15) is 25.0 Å². The maximum atomic E-state index is 10.6. The van der Waals surface area contributed by atoms with Gasteiger partial charge in [-0.2, -0.15) is 0 Å². The average Bonchev–Trinajstić information content (AvgIpc) is 2.29. The van der Waals surface area contributed by atoms with Crippen molar-refractivity contribution in [3.8, 4) is 0 Å². The minimum absolute atomic E-state index is 0.453. The lowest BCUT2D eigenvalue weighted by molar-refractivity contribution is 0.0305. The summed E-state index contributed by atoms with van der Waals surface area (Å²) >= 11 is 0. The van der Waals surface area contributed by atoms with E-state index < -0.39 is 12.3 Å². The van der Waals surface area contributed by atoms with Gasteiger partial charge in [-0.1, -0.05) is 30.3 Å². The number of hydrogen-bond acceptors (Lipinski definition) is 3. The van der Waals surface area contributed by atoms with Gasteiger partial charge in [0.1, 0.15) is 6.10 Å². The van der Waals surface area contributed by atoms with Gasteiger partial charge in [0.05, 0.1) is 6.61 Å². The van der Waals surface area contributed by atoms with Crippen molar-refractivity contribution in [2.24, 2.45) is 0 Å². The molecule has 88 valence electrons. The van der Waals surface area contributed by atoms with Crippen LogP contribution in [0.2, 0.25) is 0 Å². The van der Waals surface area contributed by atoms with Gasteiger partial charge in [-0.15, -0.1) is 0 Å². The van der Waals surface area contributed by atoms with Crippen LogP contribution in [0.5, 0.6) is 0 Å². The molecule has 1 aromatic carbocycles. The van der Waals surface area contributed by atoms with Gasteiger partial charge in [-0.05, 0) is 12.5 Å². The Hall–Kier alpha value is -1.55. The molecule has 0 radical (unpaired) electrons. The van der Waals surface area contributed by atoms with Crippen LogP contribution < -0.4 is 0 Å². The fourth-order valence-corrected chi connectivity index (χ4v) is 1.42. The third-order valence-electron chi connectivity index (χ3n) is 2.14. The van der Waals surface area contributed by atoms with E-state index >= 15 is 0 Å². The first kappa shape index (κ1) is 12.5. The highest BCUT2D eigenvalue weighted by molar-refractivity contribution is 5.57. The van der Waals surface area contributed by atoms with Gasteiger partial charge in [0.25, 0.3) is 0 Å². The summed E-state index contributed by atoms with van der Waals surface area (Å²) in [5.74, 6) is 0. The number of benzene rings is 1. The number of carbonyl (C=O) groups is 1. The molecule has 1 aromatic rings. The Labute approximate surface area is 94.8 Å². The van der Waals surface area contributed by atoms with Crippen LogP contribution in [-0.4, -0.2) is 24.5 Å². The summed E-state index contributed by atoms with van der Waals surface area (Å²) in [5.41, 5.74) is 0.851. The highest BCUT2D eigenvalue weighted by Gasteiger charge is 2.15. The van der Waals surface area contributed by atoms with Crippen LogP contribution in [0.4, 0.5) is 4.79 Å². The summed E-state index contributed by atoms with van der Waals surface area (Å²) < 4.78 is 10.0. The van der Waals surface area contributed by atoms with Gasteiger partial charge >= 0.3 is 6.16 Å². The van der Waals surface area contributed by atoms with Gasteiger partial charge < -0.3 is 14.6 Å². The predicted octanol–water partition coefficient (Wildman–Crippen LogP) is 2.85. The van der Waals surface area contributed by atoms with E-state index in [-0.39, 0.29) is 0 Å². The first-order valence-corrected chi connectivity index (χ1v) is 5.26. The van der Waals surface area contributed by atoms with Crippen molar-refractivity contribution >= 4 is 6.16 Å². The molecule has 0 spiro atoms. The van der Waals surface area contributed by atoms with Crippen molar-refractivity contribution in [1.29, 1.82) is 0 Å². The van der Waals surface area contributed by atoms with Gasteiger partial charge in [0.15, 0.2) is 0 Å². The van der Waals surface area contributed by atoms with Crippen molar-refractivity contribution in [3.63, 3.8) is 0 Å². The van der Waals surface area contributed by atoms with Crippen molar-refractivity contribution in [2.45, 2.75) is 19.4 Å². The second-order valence-electron chi connectivity index (χ2n) is 3.27. The third kappa shape index (κ3) is 4.31. The summed E-state index contributed by atoms with van der Waals surface area (Å²) in [6.07, 6.45) is -1.18. The van der Waals surface area contributed by atoms with E-state index in [1.165, 1.54) is 0 Å². The Bertz CT molecular complexity index is 310. The Morgan fingerprint density at radius 2 is 2.06 bits per heavy atom. The monoisotopic (exact) mass is 224 g/mol. The maximum Gasteiger partial charge on any atom is 0.506 e. The Morgan fingerprint density at radius 3 is 2.62 bits per heavy atom. The molecule has 0 aliphatic rings. The molecule has 0 bridgehead atoms. The molecular weight excluding hydrogens is 208 g/mol. The molecule has 0 amide bonds. The number of ether oxygens (including phenoxy) is 2. The molecular formula is C12H16O4. The first-order valence-electron chi connectivity index (χ1n) is 5.26. The second-order valence-corrected chi connectivity index (χ2v) is 3.27. The zero-order valence-corrected chi connectivity index (χ0v) is 9.26. The van der Waals surface area contributed by atoms with Crippen molar-refractivity contribution in [1.82, 2.24) is 0 Å². The van der Waals surface area contributed by atoms with Crippen LogP contribution >= 0.6 is 0 Å². The summed E-state index contributed by atoms with van der Waals surface area (Å²) in [7, 11) is 0. The standard InChI is InChI=1S/C12H16O4/c1-2-15-9-8-11(16-12(13)14)10-6-4-3-5-7-10/h3-7,11H,2,8-9H2,1H3,(H,13,14). The van der Waals surface area contributed by atoms with Crippen LogP contribution in [0.15, 0.2) is 30.3 Å². The van der Waals surface area contributed by atoms with Gasteiger partial charge in [-0.25, -0.2) is 4.79 Å². The fraction of sp³-hybridized carbons (Fsp3) is 0.417. The molecule has 4 nitrogen and oxygen atoms in total. The topological polar surface area (TPSA) is 55.8 Å². The Morgan fingerprint density at radius 1 is 1.38 bits per heavy atom. The highest BCUT2D eigenvalue weighted by Crippen LogP contribution is 2.21. The molecule has 1 rings (SSSR count). The van der Waals surface area contributed by atoms with Crippen LogP contribution in [0.25, 0.3) is 0 Å². The smallest absolute Gasteiger partial charge is 0.450 e. The molecule has 16 heavy (non-hydrogen) atoms. The van der Waals surface area contributed by atoms with Crippen LogP contribution in [0, 0.1) is 0 Å². The lowest BCUT2D eigenvalue weighted by Gasteiger charge is -2.16. The zero-order chi connectivity index (χ0) is 11.8. The van der Waals surface area contributed by atoms with Crippen LogP contribution in [-0.2, 0) is 9.47 Å². The molecule has 0 saturated heterocycles. The van der Waals surface area contributed by atoms with Gasteiger partial charge in [0.2, 0.25) is 0 Å². The summed E-state index contributed by atoms with van der Waals surface area (Å²) in [6, 6.07) is 9.28. The SMILES string of the molecule is CCOCCC(OC(=O)O)c1ccccc1. The van der Waals surface area contributed by atoms with Crippen LogP contribution in [0.3, 0.4) is 0 Å². The molecule has 4 heteroatoms. The van der Waals surface area contributed by atoms with Gasteiger partial charge in [-0.3, -0.25) is 0 Å². The maximum absolute atomic E-state index is 10.6. The molecule has 1 unspecified atom stereocenters. The van der Waals surface area contributed by atoms with E-state index in [0.717, 1.165) is 5.56 Å². The predicted molar refractivity (Wildman–Crippen MR) is 59.4 cm³/mol. The molecule has 0 aliphatic carbocycles. The summed E-state index contributed by atoms with van der Waals surface area (Å²) in [6.45, 7) is 3.01. The van der Waals surface area contributed by atoms with E-state index in [0.29, 0.717) is 19.6 Å². The summed E-state index contributed by atoms with van der Waals surface area (Å²) in [4.78, 5) is 10.6. The molecule has 1 N–H and O–H groups in total. The van der Waals surface area contributed by atoms with Gasteiger partial charge in [0, 0.05) is 13.0 Å². The first-order chi connectivity index (χ1) is 7.74. The highest BCUT2D eigenvalue weighted by atomic mass is 16.7. The Kier molecular flexibility index (Phi) is 5.36. The second kappa shape index (κ2) is 6.85. The fourth-order valence-electron chi connectivity index (χ4n) is 1.42. The van der Waals surface area contributed by atoms with Crippen molar-refractivity contribution in [3.05, 3.63) is 35.9 Å². The number of rotatable bonds is 6. The minimum Gasteiger partial charge on any atom is -0.450 e. The molecule has 0 aliphatic heterocycles. The Balaban J connectivity index is 2.60. The van der Waals surface area contributed by atoms with Crippen molar-refractivity contribution < 1.29 is 19.4 Å². The number of hydrogen-bond donors (Lipinski definition) is 1. The molecule has 0 heterocycles. The normalized spacial score (nSPS) is 12.1. The summed E-state index contributed by atoms with van der Waals surface area (Å²) in [5, 5.41) is 8.64. The minimum atomic E-state index is -1.26. The third-order valence-corrected chi connectivity index (χ3v) is 2.14. The van der Waals surface area contributed by atoms with Crippen molar-refractivity contribution in [2.75, 3.05) is 13.2 Å². The zero-order valence-electron chi connectivity index (χ0n) is 9.26. The van der Waals surface area contributed by atoms with E-state index in [1.807, 2.05) is 37.3 Å². The average molecular weight is 224 g/mol. The molecule has 1 atom stereocenters. The van der Waals surface area contributed by atoms with E-state index in [9.17, 15) is 4.79 Å². The number of carboxylic acid groups (broad SMARTS) is 1. The largest absolute Gasteiger partial charge is 0.506 e. The quantitative estimate of drug-likeness (QED) is 0.596. The van der Waals surface area contributed by atoms with E-state index in [4.69, 9.17) is 14.6 Å². The lowest BCUT2D eigenvalue weighted by Crippen LogP contribution is -2.11. The van der Waals surface area contributed by atoms with E-state index in [2.05, 4.69) is 0 Å². The lowest BCUT2D eigenvalue weighted by atomic mass is 10.1. The molecule has 0 saturated carbocycles.